The minimum atomic E-state index is -0.0563. The average molecular weight is 271 g/mol. The third-order valence-electron chi connectivity index (χ3n) is 2.69. The molecule has 1 saturated carbocycles. The molecule has 2 rings (SSSR count). The Bertz CT molecular complexity index is 377. The second-order valence-corrected chi connectivity index (χ2v) is 4.37. The highest BCUT2D eigenvalue weighted by Crippen LogP contribution is 2.29. The minimum absolute atomic E-state index is 0. The molecule has 0 heterocycles. The quantitative estimate of drug-likeness (QED) is 0.833. The van der Waals surface area contributed by atoms with Crippen LogP contribution >= 0.6 is 12.4 Å². The second-order valence-electron chi connectivity index (χ2n) is 4.37. The molecule has 1 aliphatic carbocycles. The van der Waals surface area contributed by atoms with Gasteiger partial charge in [0, 0.05) is 18.7 Å². The van der Waals surface area contributed by atoms with E-state index in [1.54, 1.807) is 0 Å². The Hall–Kier alpha value is -1.26. The summed E-state index contributed by atoms with van der Waals surface area (Å²) < 4.78 is 5.60. The fraction of sp³-hybridized carbons (Fsp3) is 0.462. The van der Waals surface area contributed by atoms with Gasteiger partial charge in [-0.3, -0.25) is 4.79 Å². The zero-order valence-corrected chi connectivity index (χ0v) is 11.0. The first-order valence-corrected chi connectivity index (χ1v) is 6.00. The van der Waals surface area contributed by atoms with Crippen molar-refractivity contribution in [3.05, 3.63) is 24.3 Å². The highest BCUT2D eigenvalue weighted by atomic mass is 35.5. The highest BCUT2D eigenvalue weighted by Gasteiger charge is 2.21. The summed E-state index contributed by atoms with van der Waals surface area (Å²) in [6.07, 6.45) is 2.92. The van der Waals surface area contributed by atoms with Crippen LogP contribution in [0.3, 0.4) is 0 Å². The lowest BCUT2D eigenvalue weighted by Gasteiger charge is -2.07. The van der Waals surface area contributed by atoms with Crippen LogP contribution in [0.25, 0.3) is 0 Å². The highest BCUT2D eigenvalue weighted by molar-refractivity contribution is 5.90. The molecule has 0 spiro atoms. The summed E-state index contributed by atoms with van der Waals surface area (Å²) in [6, 6.07) is 7.44. The van der Waals surface area contributed by atoms with Crippen molar-refractivity contribution in [3.8, 4) is 5.75 Å². The number of nitrogens with two attached hydrogens (primary N) is 1. The first kappa shape index (κ1) is 14.8. The van der Waals surface area contributed by atoms with Crippen molar-refractivity contribution in [1.82, 2.24) is 0 Å². The van der Waals surface area contributed by atoms with E-state index >= 15 is 0 Å². The second kappa shape index (κ2) is 7.24. The third-order valence-corrected chi connectivity index (χ3v) is 2.69. The maximum atomic E-state index is 11.3. The number of carbonyl (C=O) groups excluding carboxylic acids is 1. The van der Waals surface area contributed by atoms with E-state index in [1.165, 1.54) is 12.8 Å². The van der Waals surface area contributed by atoms with Crippen LogP contribution < -0.4 is 15.8 Å². The number of carbonyl (C=O) groups is 1. The van der Waals surface area contributed by atoms with Crippen molar-refractivity contribution in [2.24, 2.45) is 11.7 Å². The summed E-state index contributed by atoms with van der Waals surface area (Å²) in [5.74, 6) is 1.55. The predicted molar refractivity (Wildman–Crippen MR) is 74.2 cm³/mol. The fourth-order valence-corrected chi connectivity index (χ4v) is 1.49. The molecule has 1 aromatic rings. The number of halogens is 1. The van der Waals surface area contributed by atoms with E-state index in [0.29, 0.717) is 13.0 Å². The molecule has 0 saturated heterocycles. The zero-order valence-electron chi connectivity index (χ0n) is 10.2. The van der Waals surface area contributed by atoms with Gasteiger partial charge in [0.05, 0.1) is 6.61 Å². The molecule has 0 aliphatic heterocycles. The zero-order chi connectivity index (χ0) is 12.1. The maximum absolute atomic E-state index is 11.3. The largest absolute Gasteiger partial charge is 0.493 e. The van der Waals surface area contributed by atoms with Crippen LogP contribution in [0.5, 0.6) is 5.75 Å². The maximum Gasteiger partial charge on any atom is 0.225 e. The molecule has 5 heteroatoms. The number of rotatable bonds is 6. The lowest BCUT2D eigenvalue weighted by atomic mass is 10.3. The Balaban J connectivity index is 0.00000162. The summed E-state index contributed by atoms with van der Waals surface area (Å²) in [6.45, 7) is 1.17. The molecule has 0 aromatic heterocycles. The minimum Gasteiger partial charge on any atom is -0.493 e. The van der Waals surface area contributed by atoms with E-state index < -0.39 is 0 Å². The van der Waals surface area contributed by atoms with Gasteiger partial charge in [-0.1, -0.05) is 0 Å². The number of nitrogens with one attached hydrogen (secondary N) is 1. The van der Waals surface area contributed by atoms with Gasteiger partial charge in [0.25, 0.3) is 0 Å². The lowest BCUT2D eigenvalue weighted by molar-refractivity contribution is -0.116. The molecule has 1 amide bonds. The molecule has 0 atom stereocenters. The number of amides is 1. The Morgan fingerprint density at radius 2 is 2.00 bits per heavy atom. The van der Waals surface area contributed by atoms with E-state index in [-0.39, 0.29) is 18.3 Å². The van der Waals surface area contributed by atoms with Gasteiger partial charge in [-0.05, 0) is 43.0 Å². The van der Waals surface area contributed by atoms with Crippen molar-refractivity contribution >= 4 is 24.0 Å². The van der Waals surface area contributed by atoms with Crippen LogP contribution in [0, 0.1) is 5.92 Å². The first-order chi connectivity index (χ1) is 8.28. The number of hydrogen-bond donors (Lipinski definition) is 2. The Kier molecular flexibility index (Phi) is 5.95. The van der Waals surface area contributed by atoms with Gasteiger partial charge >= 0.3 is 0 Å². The average Bonchev–Trinajstić information content (AvgIpc) is 3.12. The van der Waals surface area contributed by atoms with Crippen LogP contribution in [-0.2, 0) is 4.79 Å². The number of ether oxygens (including phenoxy) is 1. The number of anilines is 1. The molecule has 0 bridgehead atoms. The van der Waals surface area contributed by atoms with Crippen LogP contribution in [0.1, 0.15) is 19.3 Å². The van der Waals surface area contributed by atoms with E-state index in [1.807, 2.05) is 24.3 Å². The summed E-state index contributed by atoms with van der Waals surface area (Å²) in [5, 5.41) is 2.77. The van der Waals surface area contributed by atoms with Gasteiger partial charge in [-0.15, -0.1) is 12.4 Å². The van der Waals surface area contributed by atoms with Crippen molar-refractivity contribution in [1.29, 1.82) is 0 Å². The normalized spacial score (nSPS) is 13.6. The molecular formula is C13H19ClN2O2. The van der Waals surface area contributed by atoms with Gasteiger partial charge in [0.2, 0.25) is 5.91 Å². The monoisotopic (exact) mass is 270 g/mol. The van der Waals surface area contributed by atoms with Crippen LogP contribution in [0.4, 0.5) is 5.69 Å². The number of hydrogen-bond acceptors (Lipinski definition) is 3. The smallest absolute Gasteiger partial charge is 0.225 e. The molecule has 1 aliphatic rings. The summed E-state index contributed by atoms with van der Waals surface area (Å²) in [4.78, 5) is 11.3. The molecule has 3 N–H and O–H groups in total. The van der Waals surface area contributed by atoms with E-state index in [4.69, 9.17) is 10.5 Å². The SMILES string of the molecule is Cl.NCCC(=O)Nc1ccc(OCC2CC2)cc1. The number of benzene rings is 1. The van der Waals surface area contributed by atoms with Gasteiger partial charge < -0.3 is 15.8 Å². The predicted octanol–water partition coefficient (Wildman–Crippen LogP) is 2.18. The molecule has 18 heavy (non-hydrogen) atoms. The Morgan fingerprint density at radius 1 is 1.33 bits per heavy atom. The molecule has 1 aromatic carbocycles. The molecular weight excluding hydrogens is 252 g/mol. The molecule has 4 nitrogen and oxygen atoms in total. The van der Waals surface area contributed by atoms with Crippen molar-refractivity contribution in [3.63, 3.8) is 0 Å². The van der Waals surface area contributed by atoms with E-state index in [0.717, 1.165) is 24.0 Å². The lowest BCUT2D eigenvalue weighted by Crippen LogP contribution is -2.16. The molecule has 0 unspecified atom stereocenters. The summed E-state index contributed by atoms with van der Waals surface area (Å²) >= 11 is 0. The van der Waals surface area contributed by atoms with Crippen molar-refractivity contribution < 1.29 is 9.53 Å². The standard InChI is InChI=1S/C13H18N2O2.ClH/c14-8-7-13(16)15-11-3-5-12(6-4-11)17-9-10-1-2-10;/h3-6,10H,1-2,7-9,14H2,(H,15,16);1H. The topological polar surface area (TPSA) is 64.4 Å². The van der Waals surface area contributed by atoms with Crippen molar-refractivity contribution in [2.75, 3.05) is 18.5 Å². The van der Waals surface area contributed by atoms with Gasteiger partial charge in [0.1, 0.15) is 5.75 Å². The van der Waals surface area contributed by atoms with E-state index in [2.05, 4.69) is 5.32 Å². The Labute approximate surface area is 113 Å². The Morgan fingerprint density at radius 3 is 2.56 bits per heavy atom. The van der Waals surface area contributed by atoms with Gasteiger partial charge in [0.15, 0.2) is 0 Å². The summed E-state index contributed by atoms with van der Waals surface area (Å²) in [7, 11) is 0. The third kappa shape index (κ3) is 4.94. The summed E-state index contributed by atoms with van der Waals surface area (Å²) in [5.41, 5.74) is 6.08. The van der Waals surface area contributed by atoms with Crippen molar-refractivity contribution in [2.45, 2.75) is 19.3 Å². The van der Waals surface area contributed by atoms with Crippen LogP contribution in [-0.4, -0.2) is 19.1 Å². The molecule has 1 fully saturated rings. The molecule has 0 radical (unpaired) electrons. The fourth-order valence-electron chi connectivity index (χ4n) is 1.49. The van der Waals surface area contributed by atoms with Crippen LogP contribution in [0.2, 0.25) is 0 Å². The van der Waals surface area contributed by atoms with Gasteiger partial charge in [-0.2, -0.15) is 0 Å². The van der Waals surface area contributed by atoms with E-state index in [9.17, 15) is 4.79 Å². The molecule has 100 valence electrons. The van der Waals surface area contributed by atoms with Crippen LogP contribution in [0.15, 0.2) is 24.3 Å². The van der Waals surface area contributed by atoms with Gasteiger partial charge in [-0.25, -0.2) is 0 Å². The first-order valence-electron chi connectivity index (χ1n) is 6.00.